The smallest absolute Gasteiger partial charge is 0.421 e. The minimum absolute atomic E-state index is 0.0142. The number of benzene rings is 2. The number of nitrogens with two attached hydrogens (primary N) is 1. The van der Waals surface area contributed by atoms with Crippen LogP contribution >= 0.6 is 11.3 Å². The van der Waals surface area contributed by atoms with Gasteiger partial charge in [0.1, 0.15) is 29.0 Å². The molecule has 0 saturated carbocycles. The summed E-state index contributed by atoms with van der Waals surface area (Å²) in [6, 6.07) is 17.1. The van der Waals surface area contributed by atoms with Crippen molar-refractivity contribution < 1.29 is 19.4 Å². The lowest BCUT2D eigenvalue weighted by atomic mass is 10.2. The molecule has 0 aliphatic heterocycles. The molecule has 0 aliphatic carbocycles. The number of nitrogens with one attached hydrogen (secondary N) is 2. The zero-order chi connectivity index (χ0) is 24.1. The van der Waals surface area contributed by atoms with Gasteiger partial charge < -0.3 is 20.9 Å². The van der Waals surface area contributed by atoms with E-state index in [1.807, 2.05) is 12.1 Å². The van der Waals surface area contributed by atoms with Crippen LogP contribution in [-0.2, 0) is 11.3 Å². The van der Waals surface area contributed by atoms with Crippen molar-refractivity contribution in [1.29, 1.82) is 5.41 Å². The quantitative estimate of drug-likeness (QED) is 0.222. The van der Waals surface area contributed by atoms with Gasteiger partial charge in [-0.15, -0.1) is 11.3 Å². The van der Waals surface area contributed by atoms with E-state index in [1.165, 1.54) is 23.6 Å². The second-order valence-corrected chi connectivity index (χ2v) is 8.23. The highest BCUT2D eigenvalue weighted by Gasteiger charge is 2.22. The number of fused-ring (bicyclic) bond motifs is 1. The fourth-order valence-electron chi connectivity index (χ4n) is 3.08. The summed E-state index contributed by atoms with van der Waals surface area (Å²) in [5.74, 6) is -0.756. The highest BCUT2D eigenvalue weighted by molar-refractivity contribution is 7.18. The Labute approximate surface area is 198 Å². The van der Waals surface area contributed by atoms with E-state index in [2.05, 4.69) is 15.3 Å². The van der Waals surface area contributed by atoms with Gasteiger partial charge in [0.2, 0.25) is 0 Å². The van der Waals surface area contributed by atoms with Crippen molar-refractivity contribution in [3.8, 4) is 5.75 Å². The van der Waals surface area contributed by atoms with Crippen LogP contribution in [0.15, 0.2) is 66.9 Å². The fraction of sp³-hybridized carbons (Fsp3) is 0.0870. The predicted octanol–water partition coefficient (Wildman–Crippen LogP) is 3.68. The van der Waals surface area contributed by atoms with E-state index >= 15 is 0 Å². The average molecular weight is 477 g/mol. The van der Waals surface area contributed by atoms with Gasteiger partial charge in [-0.1, -0.05) is 6.07 Å². The summed E-state index contributed by atoms with van der Waals surface area (Å²) in [6.45, 7) is -0.0992. The standard InChI is InChI=1S/C23H20N6O4S/c24-22(25)14-4-6-15(7-5-14)27-12-20-28-17-11-16(8-9-18(17)34-20)33-23(32)29(13-21(30)31)19-3-1-2-10-26-19/h1-11,27H,12-13H2,(H3,24,25)(H,30,31). The molecule has 0 spiro atoms. The predicted molar refractivity (Wildman–Crippen MR) is 130 cm³/mol. The number of thiazole rings is 1. The number of carbonyl (C=O) groups excluding carboxylic acids is 1. The number of amidine groups is 1. The first kappa shape index (κ1) is 22.7. The number of pyridine rings is 1. The Bertz CT molecular complexity index is 1340. The van der Waals surface area contributed by atoms with Crippen molar-refractivity contribution in [2.45, 2.75) is 6.54 Å². The Balaban J connectivity index is 1.45. The summed E-state index contributed by atoms with van der Waals surface area (Å²) < 4.78 is 6.33. The van der Waals surface area contributed by atoms with Crippen LogP contribution in [0, 0.1) is 5.41 Å². The highest BCUT2D eigenvalue weighted by Crippen LogP contribution is 2.27. The maximum atomic E-state index is 12.7. The lowest BCUT2D eigenvalue weighted by Crippen LogP contribution is -2.38. The number of carboxylic acid groups (broad SMARTS) is 1. The number of carbonyl (C=O) groups is 2. The Kier molecular flexibility index (Phi) is 6.64. The Morgan fingerprint density at radius 3 is 2.62 bits per heavy atom. The normalized spacial score (nSPS) is 10.6. The van der Waals surface area contributed by atoms with Crippen LogP contribution in [0.1, 0.15) is 10.6 Å². The number of aromatic nitrogens is 2. The zero-order valence-corrected chi connectivity index (χ0v) is 18.6. The highest BCUT2D eigenvalue weighted by atomic mass is 32.1. The minimum atomic E-state index is -1.19. The molecule has 0 saturated heterocycles. The molecule has 0 fully saturated rings. The number of anilines is 2. The minimum Gasteiger partial charge on any atom is -0.480 e. The van der Waals surface area contributed by atoms with Gasteiger partial charge in [-0.25, -0.2) is 19.7 Å². The van der Waals surface area contributed by atoms with Crippen molar-refractivity contribution in [1.82, 2.24) is 9.97 Å². The van der Waals surface area contributed by atoms with E-state index in [4.69, 9.17) is 21.0 Å². The monoisotopic (exact) mass is 476 g/mol. The van der Waals surface area contributed by atoms with Gasteiger partial charge >= 0.3 is 12.1 Å². The van der Waals surface area contributed by atoms with E-state index < -0.39 is 18.6 Å². The lowest BCUT2D eigenvalue weighted by molar-refractivity contribution is -0.135. The number of hydrogen-bond donors (Lipinski definition) is 4. The molecule has 2 heterocycles. The van der Waals surface area contributed by atoms with Crippen molar-refractivity contribution in [2.75, 3.05) is 16.8 Å². The summed E-state index contributed by atoms with van der Waals surface area (Å²) in [5.41, 5.74) is 7.65. The molecule has 0 radical (unpaired) electrons. The molecule has 34 heavy (non-hydrogen) atoms. The third-order valence-corrected chi connectivity index (χ3v) is 5.72. The molecular weight excluding hydrogens is 456 g/mol. The Hall–Kier alpha value is -4.51. The Morgan fingerprint density at radius 1 is 1.15 bits per heavy atom. The molecular formula is C23H20N6O4S. The van der Waals surface area contributed by atoms with Gasteiger partial charge in [0.25, 0.3) is 0 Å². The van der Waals surface area contributed by atoms with E-state index in [9.17, 15) is 9.59 Å². The molecule has 5 N–H and O–H groups in total. The molecule has 11 heteroatoms. The zero-order valence-electron chi connectivity index (χ0n) is 17.8. The van der Waals surface area contributed by atoms with Crippen LogP contribution in [-0.4, -0.2) is 39.5 Å². The molecule has 4 rings (SSSR count). The molecule has 0 atom stereocenters. The molecule has 0 bridgehead atoms. The number of nitrogen functional groups attached to an aromatic ring is 1. The van der Waals surface area contributed by atoms with E-state index in [1.54, 1.807) is 42.5 Å². The number of hydrogen-bond acceptors (Lipinski definition) is 8. The first-order chi connectivity index (χ1) is 16.4. The van der Waals surface area contributed by atoms with Gasteiger partial charge in [0.15, 0.2) is 0 Å². The van der Waals surface area contributed by atoms with Gasteiger partial charge in [0, 0.05) is 23.5 Å². The number of nitrogens with zero attached hydrogens (tertiary/aromatic N) is 3. The topological polar surface area (TPSA) is 155 Å². The van der Waals surface area contributed by atoms with E-state index in [0.29, 0.717) is 17.6 Å². The fourth-order valence-corrected chi connectivity index (χ4v) is 3.97. The SMILES string of the molecule is N=C(N)c1ccc(NCc2nc3cc(OC(=O)N(CC(=O)O)c4ccccn4)ccc3s2)cc1. The first-order valence-electron chi connectivity index (χ1n) is 10.1. The van der Waals surface area contributed by atoms with Crippen LogP contribution in [0.2, 0.25) is 0 Å². The largest absolute Gasteiger partial charge is 0.480 e. The summed E-state index contributed by atoms with van der Waals surface area (Å²) >= 11 is 1.50. The van der Waals surface area contributed by atoms with Gasteiger partial charge in [-0.05, 0) is 48.5 Å². The molecule has 0 unspecified atom stereocenters. The van der Waals surface area contributed by atoms with Crippen LogP contribution in [0.5, 0.6) is 5.75 Å². The number of amides is 1. The van der Waals surface area contributed by atoms with Crippen LogP contribution in [0.3, 0.4) is 0 Å². The summed E-state index contributed by atoms with van der Waals surface area (Å²) in [4.78, 5) is 33.5. The molecule has 1 amide bonds. The average Bonchev–Trinajstić information content (AvgIpc) is 3.24. The molecule has 0 aliphatic rings. The maximum Gasteiger partial charge on any atom is 0.421 e. The van der Waals surface area contributed by atoms with Crippen molar-refractivity contribution in [2.24, 2.45) is 5.73 Å². The number of rotatable bonds is 8. The molecule has 2 aromatic heterocycles. The van der Waals surface area contributed by atoms with Gasteiger partial charge in [-0.3, -0.25) is 10.2 Å². The molecule has 4 aromatic rings. The second-order valence-electron chi connectivity index (χ2n) is 7.12. The molecule has 10 nitrogen and oxygen atoms in total. The second kappa shape index (κ2) is 9.96. The van der Waals surface area contributed by atoms with E-state index in [-0.39, 0.29) is 17.4 Å². The van der Waals surface area contributed by atoms with Crippen molar-refractivity contribution >= 4 is 51.0 Å². The van der Waals surface area contributed by atoms with Crippen LogP contribution in [0.4, 0.5) is 16.3 Å². The Morgan fingerprint density at radius 2 is 1.94 bits per heavy atom. The van der Waals surface area contributed by atoms with Crippen LogP contribution in [0.25, 0.3) is 10.2 Å². The molecule has 2 aromatic carbocycles. The van der Waals surface area contributed by atoms with Gasteiger partial charge in [0.05, 0.1) is 16.8 Å². The summed E-state index contributed by atoms with van der Waals surface area (Å²) in [5, 5.41) is 20.7. The van der Waals surface area contributed by atoms with Crippen LogP contribution < -0.4 is 20.7 Å². The van der Waals surface area contributed by atoms with Gasteiger partial charge in [-0.2, -0.15) is 0 Å². The maximum absolute atomic E-state index is 12.7. The van der Waals surface area contributed by atoms with Crippen molar-refractivity contribution in [3.63, 3.8) is 0 Å². The number of aliphatic carboxylic acids is 1. The third kappa shape index (κ3) is 5.45. The van der Waals surface area contributed by atoms with Crippen molar-refractivity contribution in [3.05, 3.63) is 77.4 Å². The lowest BCUT2D eigenvalue weighted by Gasteiger charge is -2.18. The first-order valence-corrected chi connectivity index (χ1v) is 10.9. The number of carboxylic acids is 1. The third-order valence-electron chi connectivity index (χ3n) is 4.69. The van der Waals surface area contributed by atoms with E-state index in [0.717, 1.165) is 20.3 Å². The number of ether oxygens (including phenoxy) is 1. The summed E-state index contributed by atoms with van der Waals surface area (Å²) in [7, 11) is 0. The molecule has 172 valence electrons. The summed E-state index contributed by atoms with van der Waals surface area (Å²) in [6.07, 6.45) is 0.609.